The number of hydrogen-bond acceptors (Lipinski definition) is 6. The van der Waals surface area contributed by atoms with Crippen LogP contribution in [0.15, 0.2) is 72.9 Å². The molecule has 0 aliphatic rings. The van der Waals surface area contributed by atoms with E-state index in [1.54, 1.807) is 54.7 Å². The van der Waals surface area contributed by atoms with E-state index < -0.39 is 35.1 Å². The van der Waals surface area contributed by atoms with Gasteiger partial charge in [0.25, 0.3) is 11.8 Å². The molecular weight excluding hydrogens is 477 g/mol. The molecule has 0 fully saturated rings. The number of carbonyl (C=O) groups excluding carboxylic acids is 3. The summed E-state index contributed by atoms with van der Waals surface area (Å²) in [6.45, 7) is 3.09. The van der Waals surface area contributed by atoms with E-state index in [1.165, 1.54) is 33.1 Å². The number of benzene rings is 2. The van der Waals surface area contributed by atoms with Gasteiger partial charge in [0.2, 0.25) is 5.78 Å². The van der Waals surface area contributed by atoms with Crippen molar-refractivity contribution in [2.75, 3.05) is 7.11 Å². The number of pyridine rings is 1. The average Bonchev–Trinajstić information content (AvgIpc) is 2.91. The molecular formula is C28H30FN3O5. The van der Waals surface area contributed by atoms with Crippen molar-refractivity contribution in [1.29, 1.82) is 0 Å². The number of ether oxygens (including phenoxy) is 2. The molecule has 1 heterocycles. The van der Waals surface area contributed by atoms with Gasteiger partial charge in [0.1, 0.15) is 11.6 Å². The van der Waals surface area contributed by atoms with Gasteiger partial charge < -0.3 is 20.1 Å². The molecule has 3 aromatic rings. The summed E-state index contributed by atoms with van der Waals surface area (Å²) in [6, 6.07) is 17.5. The van der Waals surface area contributed by atoms with Gasteiger partial charge in [0, 0.05) is 12.6 Å². The molecule has 0 aliphatic heterocycles. The standard InChI is InChI=1S/C28H30FN3O5/c1-28(2,37-18-20-12-13-24(36-3)22(29)15-20)27(35)32-23(16-19-9-5-4-6-10-19)25(33)26(34)31-17-21-11-7-8-14-30-21/h4-15,23H,16-18H2,1-3H3,(H,31,34)(H,32,35)/t23-/m1/s1. The predicted octanol–water partition coefficient (Wildman–Crippen LogP) is 3.14. The van der Waals surface area contributed by atoms with Crippen LogP contribution in [-0.2, 0) is 38.7 Å². The Morgan fingerprint density at radius 2 is 1.73 bits per heavy atom. The lowest BCUT2D eigenvalue weighted by molar-refractivity contribution is -0.147. The first-order valence-electron chi connectivity index (χ1n) is 11.7. The van der Waals surface area contributed by atoms with E-state index in [0.717, 1.165) is 5.56 Å². The molecule has 2 N–H and O–H groups in total. The fraction of sp³-hybridized carbons (Fsp3) is 0.286. The summed E-state index contributed by atoms with van der Waals surface area (Å²) < 4.78 is 24.7. The van der Waals surface area contributed by atoms with Crippen molar-refractivity contribution in [3.63, 3.8) is 0 Å². The van der Waals surface area contributed by atoms with Crippen LogP contribution in [0, 0.1) is 5.82 Å². The van der Waals surface area contributed by atoms with Crippen LogP contribution in [0.2, 0.25) is 0 Å². The number of hydrogen-bond donors (Lipinski definition) is 2. The Bertz CT molecular complexity index is 1220. The number of amides is 2. The number of Topliss-reactive ketones (excluding diaryl/α,β-unsaturated/α-hetero) is 1. The molecule has 8 nitrogen and oxygen atoms in total. The average molecular weight is 508 g/mol. The van der Waals surface area contributed by atoms with Crippen molar-refractivity contribution in [1.82, 2.24) is 15.6 Å². The summed E-state index contributed by atoms with van der Waals surface area (Å²) in [4.78, 5) is 43.0. The molecule has 0 saturated heterocycles. The van der Waals surface area contributed by atoms with E-state index in [-0.39, 0.29) is 25.3 Å². The highest BCUT2D eigenvalue weighted by atomic mass is 19.1. The molecule has 0 saturated carbocycles. The second-order valence-electron chi connectivity index (χ2n) is 8.85. The van der Waals surface area contributed by atoms with Crippen LogP contribution >= 0.6 is 0 Å². The Labute approximate surface area is 215 Å². The molecule has 2 amide bonds. The lowest BCUT2D eigenvalue weighted by atomic mass is 10.00. The lowest BCUT2D eigenvalue weighted by Crippen LogP contribution is -2.54. The van der Waals surface area contributed by atoms with Crippen LogP contribution in [0.1, 0.15) is 30.7 Å². The molecule has 1 aromatic heterocycles. The van der Waals surface area contributed by atoms with Crippen LogP contribution in [0.4, 0.5) is 4.39 Å². The van der Waals surface area contributed by atoms with Crippen LogP contribution in [0.25, 0.3) is 0 Å². The Balaban J connectivity index is 1.68. The fourth-order valence-electron chi connectivity index (χ4n) is 3.44. The summed E-state index contributed by atoms with van der Waals surface area (Å²) in [7, 11) is 1.37. The third kappa shape index (κ3) is 7.94. The number of methoxy groups -OCH3 is 1. The smallest absolute Gasteiger partial charge is 0.289 e. The summed E-state index contributed by atoms with van der Waals surface area (Å²) in [6.07, 6.45) is 1.70. The monoisotopic (exact) mass is 507 g/mol. The maximum absolute atomic E-state index is 14.0. The van der Waals surface area contributed by atoms with E-state index in [4.69, 9.17) is 9.47 Å². The molecule has 2 aromatic carbocycles. The highest BCUT2D eigenvalue weighted by Gasteiger charge is 2.34. The zero-order valence-electron chi connectivity index (χ0n) is 21.0. The Morgan fingerprint density at radius 3 is 2.38 bits per heavy atom. The number of nitrogens with zero attached hydrogens (tertiary/aromatic N) is 1. The number of rotatable bonds is 12. The Morgan fingerprint density at radius 1 is 1.00 bits per heavy atom. The van der Waals surface area contributed by atoms with Gasteiger partial charge in [0.05, 0.1) is 26.0 Å². The van der Waals surface area contributed by atoms with E-state index in [0.29, 0.717) is 11.3 Å². The molecule has 3 rings (SSSR count). The van der Waals surface area contributed by atoms with Crippen LogP contribution in [0.5, 0.6) is 5.75 Å². The van der Waals surface area contributed by atoms with Gasteiger partial charge in [-0.05, 0) is 49.2 Å². The second kappa shape index (κ2) is 12.7. The summed E-state index contributed by atoms with van der Waals surface area (Å²) in [5, 5.41) is 5.23. The molecule has 0 bridgehead atoms. The number of ketones is 1. The maximum atomic E-state index is 14.0. The van der Waals surface area contributed by atoms with Crippen molar-refractivity contribution < 1.29 is 28.2 Å². The van der Waals surface area contributed by atoms with Gasteiger partial charge in [-0.2, -0.15) is 0 Å². The van der Waals surface area contributed by atoms with Gasteiger partial charge in [-0.25, -0.2) is 4.39 Å². The molecule has 0 aliphatic carbocycles. The van der Waals surface area contributed by atoms with Gasteiger partial charge in [-0.15, -0.1) is 0 Å². The van der Waals surface area contributed by atoms with Crippen LogP contribution in [-0.4, -0.2) is 41.3 Å². The second-order valence-corrected chi connectivity index (χ2v) is 8.85. The van der Waals surface area contributed by atoms with Crippen LogP contribution in [0.3, 0.4) is 0 Å². The quantitative estimate of drug-likeness (QED) is 0.365. The van der Waals surface area contributed by atoms with Crippen LogP contribution < -0.4 is 15.4 Å². The first kappa shape index (κ1) is 27.5. The summed E-state index contributed by atoms with van der Waals surface area (Å²) >= 11 is 0. The predicted molar refractivity (Wildman–Crippen MR) is 135 cm³/mol. The topological polar surface area (TPSA) is 107 Å². The first-order valence-corrected chi connectivity index (χ1v) is 11.7. The Kier molecular flexibility index (Phi) is 9.45. The third-order valence-electron chi connectivity index (χ3n) is 5.65. The number of halogens is 1. The Hall–Kier alpha value is -4.11. The molecule has 1 atom stereocenters. The normalized spacial score (nSPS) is 11.9. The first-order chi connectivity index (χ1) is 17.7. The molecule has 0 unspecified atom stereocenters. The van der Waals surface area contributed by atoms with Crippen molar-refractivity contribution >= 4 is 17.6 Å². The van der Waals surface area contributed by atoms with Crippen molar-refractivity contribution in [2.45, 2.75) is 45.1 Å². The number of aromatic nitrogens is 1. The maximum Gasteiger partial charge on any atom is 0.289 e. The highest BCUT2D eigenvalue weighted by molar-refractivity contribution is 6.38. The zero-order chi connectivity index (χ0) is 26.8. The van der Waals surface area contributed by atoms with Crippen molar-refractivity contribution in [3.05, 3.63) is 95.6 Å². The lowest BCUT2D eigenvalue weighted by Gasteiger charge is -2.27. The van der Waals surface area contributed by atoms with Gasteiger partial charge in [-0.3, -0.25) is 19.4 Å². The zero-order valence-corrected chi connectivity index (χ0v) is 21.0. The van der Waals surface area contributed by atoms with Gasteiger partial charge in [-0.1, -0.05) is 42.5 Å². The molecule has 37 heavy (non-hydrogen) atoms. The van der Waals surface area contributed by atoms with Gasteiger partial charge >= 0.3 is 0 Å². The summed E-state index contributed by atoms with van der Waals surface area (Å²) in [5.74, 6) is -2.66. The van der Waals surface area contributed by atoms with E-state index in [2.05, 4.69) is 15.6 Å². The van der Waals surface area contributed by atoms with Crippen molar-refractivity contribution in [2.24, 2.45) is 0 Å². The minimum absolute atomic E-state index is 0.0524. The number of carbonyl (C=O) groups is 3. The van der Waals surface area contributed by atoms with E-state index in [9.17, 15) is 18.8 Å². The van der Waals surface area contributed by atoms with Crippen molar-refractivity contribution in [3.8, 4) is 5.75 Å². The van der Waals surface area contributed by atoms with E-state index >= 15 is 0 Å². The molecule has 9 heteroatoms. The minimum Gasteiger partial charge on any atom is -0.494 e. The molecule has 0 spiro atoms. The van der Waals surface area contributed by atoms with Gasteiger partial charge in [0.15, 0.2) is 11.6 Å². The highest BCUT2D eigenvalue weighted by Crippen LogP contribution is 2.20. The molecule has 194 valence electrons. The number of nitrogens with one attached hydrogen (secondary N) is 2. The summed E-state index contributed by atoms with van der Waals surface area (Å²) in [5.41, 5.74) is 0.490. The molecule has 0 radical (unpaired) electrons. The van der Waals surface area contributed by atoms with E-state index in [1.807, 2.05) is 6.07 Å². The largest absolute Gasteiger partial charge is 0.494 e. The minimum atomic E-state index is -1.38. The SMILES string of the molecule is COc1ccc(COC(C)(C)C(=O)N[C@H](Cc2ccccc2)C(=O)C(=O)NCc2ccccn2)cc1F. The third-order valence-corrected chi connectivity index (χ3v) is 5.65. The fourth-order valence-corrected chi connectivity index (χ4v) is 3.44.